The third kappa shape index (κ3) is 7.29. The number of ether oxygens (including phenoxy) is 1. The Morgan fingerprint density at radius 2 is 1.61 bits per heavy atom. The molecular weight excluding hydrogens is 568 g/mol. The van der Waals surface area contributed by atoms with Gasteiger partial charge >= 0.3 is 18.4 Å². The number of rotatable bonds is 6. The standard InChI is InChI=1S/C29H27F6N3O2S/c1-15(2)26(41)38-25-21-7-5-4-6-17(21)12-24(25)40-23-9-8-18(28(30,31)32)14-22(23)37-27(39)36-20-11-16(3)10-19(13-20)29(33,34)35/h4-11,13-15,24-25H,12H2,1-3H3,(H,38,41)(H2,36,37,39)/t24-,25-/m1/s1. The molecule has 0 saturated carbocycles. The monoisotopic (exact) mass is 595 g/mol. The molecule has 218 valence electrons. The van der Waals surface area contributed by atoms with Crippen LogP contribution in [0.25, 0.3) is 0 Å². The summed E-state index contributed by atoms with van der Waals surface area (Å²) in [6.07, 6.45) is -9.54. The molecule has 0 saturated heterocycles. The zero-order chi connectivity index (χ0) is 30.1. The normalized spacial score (nSPS) is 16.7. The van der Waals surface area contributed by atoms with E-state index < -0.39 is 41.7 Å². The molecule has 3 aromatic carbocycles. The fourth-order valence-electron chi connectivity index (χ4n) is 4.53. The van der Waals surface area contributed by atoms with E-state index in [0.717, 1.165) is 41.5 Å². The Kier molecular flexibility index (Phi) is 8.53. The predicted molar refractivity (Wildman–Crippen MR) is 148 cm³/mol. The first-order valence-corrected chi connectivity index (χ1v) is 13.1. The molecule has 0 bridgehead atoms. The van der Waals surface area contributed by atoms with E-state index in [-0.39, 0.29) is 28.6 Å². The lowest BCUT2D eigenvalue weighted by Crippen LogP contribution is -2.38. The SMILES string of the molecule is Cc1cc(NC(=O)Nc2cc(C(F)(F)F)ccc2O[C@@H]2Cc3ccccc3[C@H]2NC(=S)C(C)C)cc(C(F)(F)F)c1. The van der Waals surface area contributed by atoms with Crippen molar-refractivity contribution >= 4 is 34.6 Å². The van der Waals surface area contributed by atoms with Gasteiger partial charge < -0.3 is 20.7 Å². The van der Waals surface area contributed by atoms with Crippen molar-refractivity contribution in [3.8, 4) is 5.75 Å². The van der Waals surface area contributed by atoms with Gasteiger partial charge in [0.25, 0.3) is 0 Å². The Balaban J connectivity index is 1.63. The number of urea groups is 1. The van der Waals surface area contributed by atoms with Crippen LogP contribution in [0.2, 0.25) is 0 Å². The second-order valence-electron chi connectivity index (χ2n) is 10.1. The maximum absolute atomic E-state index is 13.5. The van der Waals surface area contributed by atoms with Gasteiger partial charge in [-0.15, -0.1) is 0 Å². The number of benzene rings is 3. The number of fused-ring (bicyclic) bond motifs is 1. The number of alkyl halides is 6. The highest BCUT2D eigenvalue weighted by Gasteiger charge is 2.36. The first kappa shape index (κ1) is 30.2. The molecule has 0 spiro atoms. The van der Waals surface area contributed by atoms with E-state index in [0.29, 0.717) is 11.4 Å². The van der Waals surface area contributed by atoms with Crippen LogP contribution in [0, 0.1) is 12.8 Å². The lowest BCUT2D eigenvalue weighted by atomic mass is 10.1. The molecule has 3 N–H and O–H groups in total. The molecule has 0 aromatic heterocycles. The number of aryl methyl sites for hydroxylation is 1. The molecule has 3 aromatic rings. The Morgan fingerprint density at radius 3 is 2.27 bits per heavy atom. The second kappa shape index (κ2) is 11.6. The van der Waals surface area contributed by atoms with Crippen LogP contribution >= 0.6 is 12.2 Å². The van der Waals surface area contributed by atoms with Gasteiger partial charge in [0.2, 0.25) is 0 Å². The molecule has 12 heteroatoms. The van der Waals surface area contributed by atoms with Gasteiger partial charge in [0.15, 0.2) is 0 Å². The summed E-state index contributed by atoms with van der Waals surface area (Å²) in [6, 6.07) is 11.7. The maximum Gasteiger partial charge on any atom is 0.416 e. The minimum absolute atomic E-state index is 0.0323. The summed E-state index contributed by atoms with van der Waals surface area (Å²) in [5.74, 6) is -0.0154. The number of anilines is 2. The topological polar surface area (TPSA) is 62.4 Å². The van der Waals surface area contributed by atoms with Gasteiger partial charge in [-0.05, 0) is 60.0 Å². The first-order valence-electron chi connectivity index (χ1n) is 12.6. The number of hydrogen-bond donors (Lipinski definition) is 3. The van der Waals surface area contributed by atoms with Crippen LogP contribution in [-0.2, 0) is 18.8 Å². The van der Waals surface area contributed by atoms with E-state index in [1.54, 1.807) is 0 Å². The van der Waals surface area contributed by atoms with Crippen LogP contribution in [0.3, 0.4) is 0 Å². The molecule has 4 rings (SSSR count). The highest BCUT2D eigenvalue weighted by Crippen LogP contribution is 2.39. The molecule has 2 atom stereocenters. The van der Waals surface area contributed by atoms with Crippen molar-refractivity contribution in [1.82, 2.24) is 5.32 Å². The molecular formula is C29H27F6N3O2S. The fourth-order valence-corrected chi connectivity index (χ4v) is 4.66. The Bertz CT molecular complexity index is 1460. The first-order chi connectivity index (χ1) is 19.1. The molecule has 0 unspecified atom stereocenters. The van der Waals surface area contributed by atoms with Crippen LogP contribution in [0.5, 0.6) is 5.75 Å². The second-order valence-corrected chi connectivity index (χ2v) is 10.5. The van der Waals surface area contributed by atoms with Crippen LogP contribution in [0.4, 0.5) is 42.5 Å². The summed E-state index contributed by atoms with van der Waals surface area (Å²) >= 11 is 5.48. The Hall–Kier alpha value is -3.80. The molecule has 1 aliphatic rings. The van der Waals surface area contributed by atoms with E-state index in [1.807, 2.05) is 38.1 Å². The van der Waals surface area contributed by atoms with Crippen LogP contribution in [-0.4, -0.2) is 17.1 Å². The van der Waals surface area contributed by atoms with Crippen molar-refractivity contribution in [2.75, 3.05) is 10.6 Å². The zero-order valence-corrected chi connectivity index (χ0v) is 23.0. The average molecular weight is 596 g/mol. The molecule has 0 aliphatic heterocycles. The van der Waals surface area contributed by atoms with Gasteiger partial charge in [-0.2, -0.15) is 26.3 Å². The Labute approximate surface area is 238 Å². The van der Waals surface area contributed by atoms with E-state index in [9.17, 15) is 31.1 Å². The lowest BCUT2D eigenvalue weighted by Gasteiger charge is -2.26. The predicted octanol–water partition coefficient (Wildman–Crippen LogP) is 8.29. The summed E-state index contributed by atoms with van der Waals surface area (Å²) < 4.78 is 86.5. The van der Waals surface area contributed by atoms with Crippen molar-refractivity contribution in [2.45, 2.75) is 51.7 Å². The average Bonchev–Trinajstić information content (AvgIpc) is 3.20. The van der Waals surface area contributed by atoms with E-state index in [1.165, 1.54) is 13.0 Å². The Morgan fingerprint density at radius 1 is 0.927 bits per heavy atom. The van der Waals surface area contributed by atoms with Gasteiger partial charge in [0.05, 0.1) is 27.8 Å². The lowest BCUT2D eigenvalue weighted by molar-refractivity contribution is -0.138. The van der Waals surface area contributed by atoms with Crippen LogP contribution in [0.15, 0.2) is 60.7 Å². The molecule has 2 amide bonds. The smallest absolute Gasteiger partial charge is 0.416 e. The third-order valence-electron chi connectivity index (χ3n) is 6.50. The van der Waals surface area contributed by atoms with Crippen molar-refractivity contribution in [3.05, 3.63) is 88.5 Å². The molecule has 41 heavy (non-hydrogen) atoms. The third-order valence-corrected chi connectivity index (χ3v) is 7.09. The zero-order valence-electron chi connectivity index (χ0n) is 22.2. The fraction of sp³-hybridized carbons (Fsp3) is 0.310. The number of hydrogen-bond acceptors (Lipinski definition) is 3. The highest BCUT2D eigenvalue weighted by atomic mass is 32.1. The van der Waals surface area contributed by atoms with Crippen molar-refractivity contribution < 1.29 is 35.9 Å². The van der Waals surface area contributed by atoms with E-state index >= 15 is 0 Å². The van der Waals surface area contributed by atoms with Crippen molar-refractivity contribution in [1.29, 1.82) is 0 Å². The quantitative estimate of drug-likeness (QED) is 0.198. The van der Waals surface area contributed by atoms with Gasteiger partial charge in [-0.25, -0.2) is 4.79 Å². The molecule has 1 aliphatic carbocycles. The van der Waals surface area contributed by atoms with Gasteiger partial charge in [-0.3, -0.25) is 0 Å². The summed E-state index contributed by atoms with van der Waals surface area (Å²) in [5, 5.41) is 7.87. The molecule has 0 radical (unpaired) electrons. The van der Waals surface area contributed by atoms with E-state index in [2.05, 4.69) is 16.0 Å². The molecule has 0 fully saturated rings. The minimum Gasteiger partial charge on any atom is -0.485 e. The summed E-state index contributed by atoms with van der Waals surface area (Å²) in [6.45, 7) is 5.27. The summed E-state index contributed by atoms with van der Waals surface area (Å²) in [5.41, 5.74) is -0.365. The number of nitrogens with one attached hydrogen (secondary N) is 3. The maximum atomic E-state index is 13.5. The van der Waals surface area contributed by atoms with Gasteiger partial charge in [0, 0.05) is 18.0 Å². The largest absolute Gasteiger partial charge is 0.485 e. The number of carbonyl (C=O) groups is 1. The molecule has 0 heterocycles. The van der Waals surface area contributed by atoms with E-state index in [4.69, 9.17) is 17.0 Å². The number of amides is 2. The molecule has 5 nitrogen and oxygen atoms in total. The number of carbonyl (C=O) groups excluding carboxylic acids is 1. The minimum atomic E-state index is -4.72. The van der Waals surface area contributed by atoms with Crippen molar-refractivity contribution in [2.24, 2.45) is 5.92 Å². The van der Waals surface area contributed by atoms with Gasteiger partial charge in [0.1, 0.15) is 11.9 Å². The number of halogens is 6. The van der Waals surface area contributed by atoms with Gasteiger partial charge in [-0.1, -0.05) is 50.3 Å². The van der Waals surface area contributed by atoms with Crippen molar-refractivity contribution in [3.63, 3.8) is 0 Å². The number of thiocarbonyl (C=S) groups is 1. The summed E-state index contributed by atoms with van der Waals surface area (Å²) in [4.78, 5) is 13.4. The van der Waals surface area contributed by atoms with Crippen LogP contribution in [0.1, 0.15) is 47.7 Å². The highest BCUT2D eigenvalue weighted by molar-refractivity contribution is 7.80. The summed E-state index contributed by atoms with van der Waals surface area (Å²) in [7, 11) is 0. The van der Waals surface area contributed by atoms with Crippen LogP contribution < -0.4 is 20.7 Å².